The van der Waals surface area contributed by atoms with E-state index in [9.17, 15) is 0 Å². The molecular weight excluding hydrogens is 757 g/mol. The lowest BCUT2D eigenvalue weighted by Gasteiger charge is -2.17. The molecule has 0 saturated carbocycles. The molecule has 0 N–H and O–H groups in total. The summed E-state index contributed by atoms with van der Waals surface area (Å²) in [5.74, 6) is 2.32. The number of aromatic nitrogens is 6. The first-order valence-electron chi connectivity index (χ1n) is 20.8. The zero-order chi connectivity index (χ0) is 41.4. The van der Waals surface area contributed by atoms with E-state index in [1.807, 2.05) is 72.8 Å². The second-order valence-electron chi connectivity index (χ2n) is 15.4. The van der Waals surface area contributed by atoms with Crippen LogP contribution in [0.1, 0.15) is 5.56 Å². The summed E-state index contributed by atoms with van der Waals surface area (Å²) in [5, 5.41) is 2.33. The van der Waals surface area contributed by atoms with Crippen molar-refractivity contribution in [3.05, 3.63) is 218 Å². The molecule has 11 aromatic rings. The summed E-state index contributed by atoms with van der Waals surface area (Å²) in [4.78, 5) is 26.2. The topological polar surface area (TPSA) is 69.4 Å². The van der Waals surface area contributed by atoms with Crippen molar-refractivity contribution in [2.75, 3.05) is 0 Å². The normalized spacial score (nSPS) is 11.3. The van der Waals surface area contributed by atoms with Gasteiger partial charge in [0.25, 0.3) is 0 Å². The summed E-state index contributed by atoms with van der Waals surface area (Å²) in [6.07, 6.45) is 0. The summed E-state index contributed by atoms with van der Waals surface area (Å²) in [7, 11) is 0. The Morgan fingerprint density at radius 2 is 0.823 bits per heavy atom. The molecule has 0 unspecified atom stereocenters. The molecule has 0 radical (unpaired) electrons. The fourth-order valence-corrected chi connectivity index (χ4v) is 8.40. The van der Waals surface area contributed by atoms with Gasteiger partial charge in [0.15, 0.2) is 23.3 Å². The van der Waals surface area contributed by atoms with E-state index < -0.39 is 0 Å². The molecule has 0 atom stereocenters. The van der Waals surface area contributed by atoms with Gasteiger partial charge >= 0.3 is 0 Å². The maximum Gasteiger partial charge on any atom is 0.166 e. The van der Waals surface area contributed by atoms with Crippen LogP contribution in [0.3, 0.4) is 0 Å². The molecule has 6 nitrogen and oxygen atoms in total. The van der Waals surface area contributed by atoms with Crippen LogP contribution in [0.15, 0.2) is 212 Å². The molecule has 0 spiro atoms. The van der Waals surface area contributed by atoms with Gasteiger partial charge in [-0.2, -0.15) is 0 Å². The Balaban J connectivity index is 1.22. The molecule has 0 aliphatic heterocycles. The molecule has 62 heavy (non-hydrogen) atoms. The molecular formula is C56H38N6. The van der Waals surface area contributed by atoms with Crippen molar-refractivity contribution in [3.63, 3.8) is 0 Å². The minimum Gasteiger partial charge on any atom is -0.308 e. The number of hydrogen-bond donors (Lipinski definition) is 0. The minimum absolute atomic E-state index is 0.542. The maximum absolute atomic E-state index is 5.33. The van der Waals surface area contributed by atoms with Gasteiger partial charge in [-0.1, -0.05) is 175 Å². The molecule has 0 aliphatic rings. The third kappa shape index (κ3) is 6.79. The molecule has 0 saturated heterocycles. The molecule has 8 aromatic carbocycles. The van der Waals surface area contributed by atoms with Gasteiger partial charge in [-0.3, -0.25) is 0 Å². The van der Waals surface area contributed by atoms with Crippen LogP contribution in [0, 0.1) is 6.92 Å². The van der Waals surface area contributed by atoms with Crippen LogP contribution >= 0.6 is 0 Å². The second kappa shape index (κ2) is 15.7. The summed E-state index contributed by atoms with van der Waals surface area (Å²) >= 11 is 0. The number of rotatable bonds is 8. The molecule has 0 fully saturated rings. The Kier molecular flexibility index (Phi) is 9.28. The quantitative estimate of drug-likeness (QED) is 0.153. The van der Waals surface area contributed by atoms with E-state index in [0.29, 0.717) is 23.3 Å². The third-order valence-electron chi connectivity index (χ3n) is 11.3. The molecule has 11 rings (SSSR count). The fraction of sp³-hybridized carbons (Fsp3) is 0.0179. The number of para-hydroxylation sites is 1. The molecule has 3 heterocycles. The largest absolute Gasteiger partial charge is 0.308 e. The smallest absolute Gasteiger partial charge is 0.166 e. The number of nitrogens with zero attached hydrogens (tertiary/aromatic N) is 6. The van der Waals surface area contributed by atoms with Crippen molar-refractivity contribution in [2.24, 2.45) is 0 Å². The number of hydrogen-bond acceptors (Lipinski definition) is 5. The highest BCUT2D eigenvalue weighted by Gasteiger charge is 2.23. The van der Waals surface area contributed by atoms with Crippen LogP contribution in [0.25, 0.3) is 107 Å². The third-order valence-corrected chi connectivity index (χ3v) is 11.3. The van der Waals surface area contributed by atoms with E-state index in [1.165, 1.54) is 10.9 Å². The number of fused-ring (bicyclic) bond motifs is 3. The van der Waals surface area contributed by atoms with Crippen LogP contribution in [-0.4, -0.2) is 29.5 Å². The predicted octanol–water partition coefficient (Wildman–Crippen LogP) is 13.7. The maximum atomic E-state index is 5.33. The number of benzene rings is 8. The second-order valence-corrected chi connectivity index (χ2v) is 15.4. The molecule has 0 bridgehead atoms. The van der Waals surface area contributed by atoms with Gasteiger partial charge in [-0.15, -0.1) is 0 Å². The molecule has 6 heteroatoms. The van der Waals surface area contributed by atoms with Crippen LogP contribution in [0.2, 0.25) is 0 Å². The van der Waals surface area contributed by atoms with E-state index >= 15 is 0 Å². The van der Waals surface area contributed by atoms with Crippen LogP contribution in [-0.2, 0) is 0 Å². The first kappa shape index (κ1) is 36.7. The van der Waals surface area contributed by atoms with E-state index in [1.54, 1.807) is 0 Å². The highest BCUT2D eigenvalue weighted by atomic mass is 15.1. The monoisotopic (exact) mass is 794 g/mol. The van der Waals surface area contributed by atoms with E-state index in [0.717, 1.165) is 78.0 Å². The first-order chi connectivity index (χ1) is 30.6. The fourth-order valence-electron chi connectivity index (χ4n) is 8.40. The van der Waals surface area contributed by atoms with Gasteiger partial charge in [0.05, 0.1) is 28.1 Å². The Morgan fingerprint density at radius 1 is 0.323 bits per heavy atom. The van der Waals surface area contributed by atoms with Crippen molar-refractivity contribution >= 4 is 21.8 Å². The van der Waals surface area contributed by atoms with Crippen molar-refractivity contribution < 1.29 is 0 Å². The van der Waals surface area contributed by atoms with Crippen LogP contribution in [0.5, 0.6) is 0 Å². The molecule has 3 aromatic heterocycles. The lowest BCUT2D eigenvalue weighted by atomic mass is 9.99. The van der Waals surface area contributed by atoms with E-state index in [-0.39, 0.29) is 0 Å². The first-order valence-corrected chi connectivity index (χ1v) is 20.8. The Morgan fingerprint density at radius 3 is 1.48 bits per heavy atom. The van der Waals surface area contributed by atoms with Gasteiger partial charge in [-0.05, 0) is 60.5 Å². The highest BCUT2D eigenvalue weighted by molar-refractivity contribution is 6.16. The SMILES string of the molecule is Cc1cccc(-c2nc(-c3ccccc3)nc(-c3cc(-c4nc(-c5ccccc5)cc(-c5ccccc5)n4)ccc3-n3c4ccccc4c4c(-c5ccccc5)cccc43)n2)c1. The number of aryl methyl sites for hydroxylation is 1. The zero-order valence-electron chi connectivity index (χ0n) is 33.9. The predicted molar refractivity (Wildman–Crippen MR) is 253 cm³/mol. The summed E-state index contributed by atoms with van der Waals surface area (Å²) < 4.78 is 2.35. The van der Waals surface area contributed by atoms with Gasteiger partial charge in [0, 0.05) is 44.2 Å². The Labute approximate surface area is 359 Å². The van der Waals surface area contributed by atoms with E-state index in [2.05, 4.69) is 151 Å². The molecule has 0 amide bonds. The van der Waals surface area contributed by atoms with Gasteiger partial charge in [0.2, 0.25) is 0 Å². The highest BCUT2D eigenvalue weighted by Crippen LogP contribution is 2.41. The van der Waals surface area contributed by atoms with Crippen LogP contribution < -0.4 is 0 Å². The summed E-state index contributed by atoms with van der Waals surface area (Å²) in [5.41, 5.74) is 13.7. The minimum atomic E-state index is 0.542. The summed E-state index contributed by atoms with van der Waals surface area (Å²) in [6.45, 7) is 2.09. The van der Waals surface area contributed by atoms with Crippen molar-refractivity contribution in [2.45, 2.75) is 6.92 Å². The lowest BCUT2D eigenvalue weighted by molar-refractivity contribution is 1.06. The van der Waals surface area contributed by atoms with Gasteiger partial charge < -0.3 is 4.57 Å². The Hall–Kier alpha value is -8.35. The van der Waals surface area contributed by atoms with Crippen LogP contribution in [0.4, 0.5) is 0 Å². The molecule has 292 valence electrons. The lowest BCUT2D eigenvalue weighted by Crippen LogP contribution is -2.04. The Bertz CT molecular complexity index is 3340. The average molecular weight is 795 g/mol. The average Bonchev–Trinajstić information content (AvgIpc) is 3.69. The van der Waals surface area contributed by atoms with Crippen molar-refractivity contribution in [1.82, 2.24) is 29.5 Å². The van der Waals surface area contributed by atoms with Gasteiger partial charge in [-0.25, -0.2) is 24.9 Å². The summed E-state index contributed by atoms with van der Waals surface area (Å²) in [6, 6.07) is 73.3. The van der Waals surface area contributed by atoms with Gasteiger partial charge in [0.1, 0.15) is 0 Å². The zero-order valence-corrected chi connectivity index (χ0v) is 33.9. The standard InChI is InChI=1S/C56H38N6/c1-37-18-16-27-42(34-37)55-59-53(41-25-12-5-13-26-41)60-56(61-55)46-35-43(54-57-47(39-21-8-3-9-22-39)36-48(58-54)40-23-10-4-11-24-40)32-33-50(46)62-49-30-15-14-28-45(49)52-44(29-17-31-51(52)62)38-19-6-2-7-20-38/h2-36H,1H3. The molecule has 0 aliphatic carbocycles. The van der Waals surface area contributed by atoms with E-state index in [4.69, 9.17) is 24.9 Å². The van der Waals surface area contributed by atoms with Crippen molar-refractivity contribution in [3.8, 4) is 84.9 Å². The van der Waals surface area contributed by atoms with Crippen molar-refractivity contribution in [1.29, 1.82) is 0 Å².